The van der Waals surface area contributed by atoms with Gasteiger partial charge in [-0.15, -0.1) is 0 Å². The molecule has 168 valence electrons. The van der Waals surface area contributed by atoms with Crippen molar-refractivity contribution in [3.8, 4) is 28.8 Å². The fourth-order valence-electron chi connectivity index (χ4n) is 4.34. The Balaban J connectivity index is 1.47. The third kappa shape index (κ3) is 4.57. The molecule has 2 N–H and O–H groups in total. The summed E-state index contributed by atoms with van der Waals surface area (Å²) in [6, 6.07) is 13.4. The second-order valence-electron chi connectivity index (χ2n) is 8.33. The summed E-state index contributed by atoms with van der Waals surface area (Å²) in [6.45, 7) is 3.78. The van der Waals surface area contributed by atoms with Gasteiger partial charge in [0.05, 0.1) is 19.3 Å². The molecule has 0 bridgehead atoms. The SMILES string of the molecule is COc1ccc(Nc2ncc3c([n+]2[O-])-c2cc(C#CCN4CCCC4)ccc2NCC3)cc1. The fraction of sp³-hybridized carbons (Fsp3) is 0.308. The maximum atomic E-state index is 13.5. The molecule has 5 rings (SSSR count). The van der Waals surface area contributed by atoms with Crippen LogP contribution < -0.4 is 20.1 Å². The minimum atomic E-state index is 0.234. The van der Waals surface area contributed by atoms with Crippen LogP contribution >= 0.6 is 0 Å². The van der Waals surface area contributed by atoms with Crippen LogP contribution in [0.4, 0.5) is 17.3 Å². The highest BCUT2D eigenvalue weighted by molar-refractivity contribution is 5.79. The van der Waals surface area contributed by atoms with Crippen molar-refractivity contribution < 1.29 is 9.47 Å². The highest BCUT2D eigenvalue weighted by Crippen LogP contribution is 2.32. The van der Waals surface area contributed by atoms with E-state index in [1.54, 1.807) is 13.3 Å². The van der Waals surface area contributed by atoms with Crippen molar-refractivity contribution >= 4 is 17.3 Å². The standard InChI is InChI=1S/C26H27N5O2/c1-33-22-9-7-21(8-10-22)29-26-28-18-20-12-13-27-24-11-6-19(17-23(24)25(20)31(26)32)5-4-16-30-14-2-3-15-30/h6-11,17-18,27H,2-3,12-16H2,1H3,(H,28,29). The zero-order valence-corrected chi connectivity index (χ0v) is 18.7. The number of methoxy groups -OCH3 is 1. The molecule has 1 aromatic heterocycles. The highest BCUT2D eigenvalue weighted by Gasteiger charge is 2.22. The molecule has 0 spiro atoms. The van der Waals surface area contributed by atoms with Crippen molar-refractivity contribution in [3.05, 3.63) is 65.0 Å². The topological polar surface area (TPSA) is 76.4 Å². The van der Waals surface area contributed by atoms with Crippen LogP contribution in [0.2, 0.25) is 0 Å². The van der Waals surface area contributed by atoms with Gasteiger partial charge in [0.2, 0.25) is 0 Å². The Labute approximate surface area is 194 Å². The molecular formula is C26H27N5O2. The van der Waals surface area contributed by atoms with E-state index in [9.17, 15) is 5.21 Å². The second-order valence-corrected chi connectivity index (χ2v) is 8.33. The van der Waals surface area contributed by atoms with Crippen LogP contribution in [0.15, 0.2) is 48.7 Å². The number of hydrogen-bond acceptors (Lipinski definition) is 6. The summed E-state index contributed by atoms with van der Waals surface area (Å²) in [6.07, 6.45) is 5.02. The molecule has 2 aliphatic rings. The number of benzene rings is 2. The Morgan fingerprint density at radius 3 is 2.79 bits per heavy atom. The molecule has 7 heteroatoms. The Kier molecular flexibility index (Phi) is 6.01. The van der Waals surface area contributed by atoms with Gasteiger partial charge in [0.1, 0.15) is 17.6 Å². The van der Waals surface area contributed by atoms with Gasteiger partial charge in [-0.05, 0) is 74.8 Å². The maximum Gasteiger partial charge on any atom is 0.397 e. The molecule has 1 fully saturated rings. The predicted molar refractivity (Wildman–Crippen MR) is 130 cm³/mol. The number of anilines is 3. The minimum absolute atomic E-state index is 0.234. The van der Waals surface area contributed by atoms with Crippen LogP contribution in [0.25, 0.3) is 11.3 Å². The van der Waals surface area contributed by atoms with Crippen LogP contribution in [-0.4, -0.2) is 43.2 Å². The van der Waals surface area contributed by atoms with E-state index in [1.165, 1.54) is 12.8 Å². The molecule has 7 nitrogen and oxygen atoms in total. The lowest BCUT2D eigenvalue weighted by molar-refractivity contribution is -0.581. The third-order valence-corrected chi connectivity index (χ3v) is 6.11. The predicted octanol–water partition coefficient (Wildman–Crippen LogP) is 3.55. The summed E-state index contributed by atoms with van der Waals surface area (Å²) in [5.74, 6) is 7.56. The molecule has 3 aromatic rings. The summed E-state index contributed by atoms with van der Waals surface area (Å²) in [5.41, 5.74) is 4.99. The monoisotopic (exact) mass is 441 g/mol. The van der Waals surface area contributed by atoms with E-state index in [0.29, 0.717) is 5.69 Å². The van der Waals surface area contributed by atoms with Crippen molar-refractivity contribution in [1.82, 2.24) is 9.88 Å². The summed E-state index contributed by atoms with van der Waals surface area (Å²) < 4.78 is 6.10. The number of likely N-dealkylation sites (tertiary alicyclic amines) is 1. The lowest BCUT2D eigenvalue weighted by Crippen LogP contribution is -2.35. The van der Waals surface area contributed by atoms with E-state index in [4.69, 9.17) is 4.74 Å². The number of nitrogens with zero attached hydrogens (tertiary/aromatic N) is 3. The average Bonchev–Trinajstić information content (AvgIpc) is 3.28. The van der Waals surface area contributed by atoms with Crippen LogP contribution in [0, 0.1) is 17.0 Å². The number of fused-ring (bicyclic) bond motifs is 3. The van der Waals surface area contributed by atoms with Crippen LogP contribution in [0.1, 0.15) is 24.0 Å². The van der Waals surface area contributed by atoms with Gasteiger partial charge in [-0.25, -0.2) is 10.0 Å². The summed E-state index contributed by atoms with van der Waals surface area (Å²) in [5, 5.41) is 20.0. The molecule has 0 unspecified atom stereocenters. The highest BCUT2D eigenvalue weighted by atomic mass is 16.5. The first-order valence-electron chi connectivity index (χ1n) is 11.3. The number of nitrogens with one attached hydrogen (secondary N) is 2. The van der Waals surface area contributed by atoms with Gasteiger partial charge in [-0.3, -0.25) is 4.90 Å². The van der Waals surface area contributed by atoms with Crippen molar-refractivity contribution in [2.24, 2.45) is 0 Å². The van der Waals surface area contributed by atoms with Gasteiger partial charge in [0.15, 0.2) is 0 Å². The molecule has 3 heterocycles. The van der Waals surface area contributed by atoms with Crippen molar-refractivity contribution in [2.45, 2.75) is 19.3 Å². The van der Waals surface area contributed by atoms with Crippen molar-refractivity contribution in [3.63, 3.8) is 0 Å². The third-order valence-electron chi connectivity index (χ3n) is 6.11. The molecular weight excluding hydrogens is 414 g/mol. The first-order chi connectivity index (χ1) is 16.2. The Morgan fingerprint density at radius 1 is 1.18 bits per heavy atom. The van der Waals surface area contributed by atoms with Gasteiger partial charge in [-0.2, -0.15) is 0 Å². The van der Waals surface area contributed by atoms with Crippen molar-refractivity contribution in [1.29, 1.82) is 0 Å². The maximum absolute atomic E-state index is 13.5. The Hall–Kier alpha value is -3.76. The fourth-order valence-corrected chi connectivity index (χ4v) is 4.34. The largest absolute Gasteiger partial charge is 0.740 e. The number of hydrogen-bond donors (Lipinski definition) is 2. The normalized spacial score (nSPS) is 14.8. The molecule has 1 saturated heterocycles. The molecule has 33 heavy (non-hydrogen) atoms. The van der Waals surface area contributed by atoms with Crippen LogP contribution in [0.5, 0.6) is 5.75 Å². The first kappa shape index (κ1) is 21.1. The van der Waals surface area contributed by atoms with Gasteiger partial charge in [0.25, 0.3) is 0 Å². The zero-order valence-electron chi connectivity index (χ0n) is 18.7. The molecule has 0 atom stereocenters. The number of aromatic nitrogens is 2. The van der Waals surface area contributed by atoms with Gasteiger partial charge >= 0.3 is 5.95 Å². The summed E-state index contributed by atoms with van der Waals surface area (Å²) >= 11 is 0. The first-order valence-corrected chi connectivity index (χ1v) is 11.3. The quantitative estimate of drug-likeness (QED) is 0.366. The summed E-state index contributed by atoms with van der Waals surface area (Å²) in [7, 11) is 1.62. The smallest absolute Gasteiger partial charge is 0.397 e. The molecule has 0 amide bonds. The lowest BCUT2D eigenvalue weighted by Gasteiger charge is -2.17. The van der Waals surface area contributed by atoms with E-state index in [2.05, 4.69) is 32.4 Å². The molecule has 0 radical (unpaired) electrons. The lowest BCUT2D eigenvalue weighted by atomic mass is 10.0. The van der Waals surface area contributed by atoms with Gasteiger partial charge < -0.3 is 15.3 Å². The van der Waals surface area contributed by atoms with E-state index in [1.807, 2.05) is 42.5 Å². The van der Waals surface area contributed by atoms with Crippen molar-refractivity contribution in [2.75, 3.05) is 43.9 Å². The van der Waals surface area contributed by atoms with E-state index in [0.717, 1.165) is 71.1 Å². The molecule has 2 aliphatic heterocycles. The molecule has 0 aliphatic carbocycles. The van der Waals surface area contributed by atoms with Crippen LogP contribution in [-0.2, 0) is 6.42 Å². The Morgan fingerprint density at radius 2 is 2.00 bits per heavy atom. The Bertz CT molecular complexity index is 1210. The van der Waals surface area contributed by atoms with E-state index < -0.39 is 0 Å². The average molecular weight is 442 g/mol. The van der Waals surface area contributed by atoms with Crippen LogP contribution in [0.3, 0.4) is 0 Å². The van der Waals surface area contributed by atoms with Gasteiger partial charge in [0, 0.05) is 28.9 Å². The molecule has 2 aromatic carbocycles. The minimum Gasteiger partial charge on any atom is -0.740 e. The molecule has 0 saturated carbocycles. The second kappa shape index (κ2) is 9.39. The van der Waals surface area contributed by atoms with Gasteiger partial charge in [-0.1, -0.05) is 16.8 Å². The van der Waals surface area contributed by atoms with E-state index in [-0.39, 0.29) is 5.95 Å². The zero-order chi connectivity index (χ0) is 22.6. The van der Waals surface area contributed by atoms with E-state index >= 15 is 0 Å². The number of ether oxygens (including phenoxy) is 1. The summed E-state index contributed by atoms with van der Waals surface area (Å²) in [4.78, 5) is 6.78. The number of rotatable bonds is 4.